The molecule has 4 rings (SSSR count). The van der Waals surface area contributed by atoms with Crippen molar-refractivity contribution in [2.75, 3.05) is 13.1 Å². The zero-order valence-electron chi connectivity index (χ0n) is 13.6. The highest BCUT2D eigenvalue weighted by Crippen LogP contribution is 2.42. The third kappa shape index (κ3) is 2.76. The molecular formula is C21H21NO2. The Hall–Kier alpha value is -2.39. The largest absolute Gasteiger partial charge is 0.482 e. The van der Waals surface area contributed by atoms with Gasteiger partial charge in [0.2, 0.25) is 0 Å². The molecule has 122 valence electrons. The van der Waals surface area contributed by atoms with E-state index in [0.717, 1.165) is 55.5 Å². The molecule has 2 aromatic rings. The summed E-state index contributed by atoms with van der Waals surface area (Å²) in [5.41, 5.74) is 3.92. The molecule has 2 heterocycles. The van der Waals surface area contributed by atoms with Gasteiger partial charge < -0.3 is 10.1 Å². The first-order valence-corrected chi connectivity index (χ1v) is 8.57. The van der Waals surface area contributed by atoms with Gasteiger partial charge in [-0.15, -0.1) is 0 Å². The molecule has 1 saturated heterocycles. The van der Waals surface area contributed by atoms with E-state index in [9.17, 15) is 4.79 Å². The third-order valence-electron chi connectivity index (χ3n) is 4.93. The van der Waals surface area contributed by atoms with Gasteiger partial charge in [0.15, 0.2) is 0 Å². The SMILES string of the molecule is O=Cc1ccc(C2=CC3(CCCNCC3)Oc3ccccc32)cc1. The van der Waals surface area contributed by atoms with Gasteiger partial charge >= 0.3 is 0 Å². The molecule has 24 heavy (non-hydrogen) atoms. The third-order valence-corrected chi connectivity index (χ3v) is 4.93. The van der Waals surface area contributed by atoms with Crippen LogP contribution in [-0.4, -0.2) is 25.0 Å². The fourth-order valence-electron chi connectivity index (χ4n) is 3.66. The van der Waals surface area contributed by atoms with Crippen molar-refractivity contribution in [1.29, 1.82) is 0 Å². The Balaban J connectivity index is 1.82. The maximum atomic E-state index is 10.9. The monoisotopic (exact) mass is 319 g/mol. The molecule has 1 fully saturated rings. The van der Waals surface area contributed by atoms with Crippen molar-refractivity contribution in [2.45, 2.75) is 24.9 Å². The topological polar surface area (TPSA) is 38.3 Å². The predicted octanol–water partition coefficient (Wildman–Crippen LogP) is 3.84. The summed E-state index contributed by atoms with van der Waals surface area (Å²) in [6.07, 6.45) is 6.28. The van der Waals surface area contributed by atoms with Gasteiger partial charge in [0.1, 0.15) is 17.6 Å². The van der Waals surface area contributed by atoms with E-state index >= 15 is 0 Å². The van der Waals surface area contributed by atoms with Gasteiger partial charge in [-0.2, -0.15) is 0 Å². The summed E-state index contributed by atoms with van der Waals surface area (Å²) in [7, 11) is 0. The summed E-state index contributed by atoms with van der Waals surface area (Å²) in [5, 5.41) is 3.46. The van der Waals surface area contributed by atoms with E-state index in [4.69, 9.17) is 4.74 Å². The molecule has 0 saturated carbocycles. The van der Waals surface area contributed by atoms with Crippen molar-refractivity contribution in [2.24, 2.45) is 0 Å². The minimum Gasteiger partial charge on any atom is -0.482 e. The van der Waals surface area contributed by atoms with Crippen LogP contribution in [0.5, 0.6) is 5.75 Å². The van der Waals surface area contributed by atoms with Crippen LogP contribution in [0.25, 0.3) is 5.57 Å². The number of para-hydroxylation sites is 1. The number of carbonyl (C=O) groups excluding carboxylic acids is 1. The van der Waals surface area contributed by atoms with Crippen LogP contribution in [0, 0.1) is 0 Å². The number of aldehydes is 1. The number of hydrogen-bond acceptors (Lipinski definition) is 3. The van der Waals surface area contributed by atoms with Gasteiger partial charge in [-0.05, 0) is 49.2 Å². The molecule has 1 unspecified atom stereocenters. The fraction of sp³-hybridized carbons (Fsp3) is 0.286. The van der Waals surface area contributed by atoms with Gasteiger partial charge in [-0.1, -0.05) is 42.5 Å². The lowest BCUT2D eigenvalue weighted by molar-refractivity contribution is 0.103. The van der Waals surface area contributed by atoms with Gasteiger partial charge in [0, 0.05) is 17.5 Å². The summed E-state index contributed by atoms with van der Waals surface area (Å²) in [6, 6.07) is 16.0. The zero-order chi connectivity index (χ0) is 16.4. The number of nitrogens with one attached hydrogen (secondary N) is 1. The predicted molar refractivity (Wildman–Crippen MR) is 95.4 cm³/mol. The van der Waals surface area contributed by atoms with Gasteiger partial charge in [-0.25, -0.2) is 0 Å². The van der Waals surface area contributed by atoms with Crippen LogP contribution in [0.3, 0.4) is 0 Å². The number of rotatable bonds is 2. The van der Waals surface area contributed by atoms with Crippen LogP contribution in [0.15, 0.2) is 54.6 Å². The number of ether oxygens (including phenoxy) is 1. The Morgan fingerprint density at radius 2 is 1.83 bits per heavy atom. The van der Waals surface area contributed by atoms with Crippen LogP contribution < -0.4 is 10.1 Å². The van der Waals surface area contributed by atoms with E-state index in [1.54, 1.807) is 0 Å². The van der Waals surface area contributed by atoms with E-state index in [2.05, 4.69) is 23.5 Å². The minimum atomic E-state index is -0.240. The Labute approximate surface area is 142 Å². The van der Waals surface area contributed by atoms with Crippen molar-refractivity contribution in [3.8, 4) is 5.75 Å². The maximum absolute atomic E-state index is 10.9. The van der Waals surface area contributed by atoms with Gasteiger partial charge in [0.25, 0.3) is 0 Å². The van der Waals surface area contributed by atoms with Crippen molar-refractivity contribution in [3.63, 3.8) is 0 Å². The van der Waals surface area contributed by atoms with Crippen LogP contribution in [0.4, 0.5) is 0 Å². The second-order valence-electron chi connectivity index (χ2n) is 6.56. The van der Waals surface area contributed by atoms with E-state index in [0.29, 0.717) is 5.56 Å². The van der Waals surface area contributed by atoms with E-state index in [-0.39, 0.29) is 5.60 Å². The minimum absolute atomic E-state index is 0.240. The zero-order valence-corrected chi connectivity index (χ0v) is 13.6. The molecule has 0 aliphatic carbocycles. The Morgan fingerprint density at radius 3 is 2.67 bits per heavy atom. The van der Waals surface area contributed by atoms with Crippen molar-refractivity contribution in [3.05, 3.63) is 71.3 Å². The maximum Gasteiger partial charge on any atom is 0.150 e. The number of carbonyl (C=O) groups is 1. The summed E-state index contributed by atoms with van der Waals surface area (Å²) < 4.78 is 6.46. The highest BCUT2D eigenvalue weighted by molar-refractivity contribution is 5.86. The van der Waals surface area contributed by atoms with E-state index in [1.165, 1.54) is 5.57 Å². The summed E-state index contributed by atoms with van der Waals surface area (Å²) in [6.45, 7) is 2.01. The smallest absolute Gasteiger partial charge is 0.150 e. The summed E-state index contributed by atoms with van der Waals surface area (Å²) >= 11 is 0. The number of hydrogen-bond donors (Lipinski definition) is 1. The molecule has 1 N–H and O–H groups in total. The second kappa shape index (κ2) is 6.25. The average Bonchev–Trinajstić information content (AvgIpc) is 2.86. The molecule has 0 bridgehead atoms. The molecule has 3 nitrogen and oxygen atoms in total. The summed E-state index contributed by atoms with van der Waals surface area (Å²) in [5.74, 6) is 0.955. The summed E-state index contributed by atoms with van der Waals surface area (Å²) in [4.78, 5) is 10.9. The lowest BCUT2D eigenvalue weighted by Crippen LogP contribution is -2.37. The van der Waals surface area contributed by atoms with Gasteiger partial charge in [-0.3, -0.25) is 4.79 Å². The molecule has 2 aliphatic rings. The molecule has 0 amide bonds. The van der Waals surface area contributed by atoms with Crippen molar-refractivity contribution in [1.82, 2.24) is 5.32 Å². The molecular weight excluding hydrogens is 298 g/mol. The van der Waals surface area contributed by atoms with Crippen molar-refractivity contribution < 1.29 is 9.53 Å². The standard InChI is InChI=1S/C21H21NO2/c23-15-16-6-8-17(9-7-16)19-14-21(10-3-12-22-13-11-21)24-20-5-2-1-4-18(19)20/h1-2,4-9,14-15,22H,3,10-13H2. The molecule has 2 aliphatic heterocycles. The molecule has 2 aromatic carbocycles. The second-order valence-corrected chi connectivity index (χ2v) is 6.56. The van der Waals surface area contributed by atoms with Crippen molar-refractivity contribution >= 4 is 11.9 Å². The fourth-order valence-corrected chi connectivity index (χ4v) is 3.66. The molecule has 1 atom stereocenters. The molecule has 0 aromatic heterocycles. The molecule has 0 radical (unpaired) electrons. The van der Waals surface area contributed by atoms with Crippen LogP contribution >= 0.6 is 0 Å². The highest BCUT2D eigenvalue weighted by Gasteiger charge is 2.36. The number of benzene rings is 2. The first-order valence-electron chi connectivity index (χ1n) is 8.57. The Bertz CT molecular complexity index is 769. The Morgan fingerprint density at radius 1 is 1.00 bits per heavy atom. The quantitative estimate of drug-likeness (QED) is 0.855. The first kappa shape index (κ1) is 15.2. The highest BCUT2D eigenvalue weighted by atomic mass is 16.5. The van der Waals surface area contributed by atoms with E-state index < -0.39 is 0 Å². The molecule has 3 heteroatoms. The van der Waals surface area contributed by atoms with Crippen LogP contribution in [0.2, 0.25) is 0 Å². The first-order chi connectivity index (χ1) is 11.8. The lowest BCUT2D eigenvalue weighted by Gasteiger charge is -2.36. The van der Waals surface area contributed by atoms with Crippen LogP contribution in [-0.2, 0) is 0 Å². The number of fused-ring (bicyclic) bond motifs is 1. The normalized spacial score (nSPS) is 22.9. The van der Waals surface area contributed by atoms with E-state index in [1.807, 2.05) is 36.4 Å². The van der Waals surface area contributed by atoms with Crippen LogP contribution in [0.1, 0.15) is 40.7 Å². The lowest BCUT2D eigenvalue weighted by atomic mass is 9.84. The Kier molecular flexibility index (Phi) is 3.95. The van der Waals surface area contributed by atoms with Gasteiger partial charge in [0.05, 0.1) is 0 Å². The average molecular weight is 319 g/mol. The molecule has 1 spiro atoms.